The summed E-state index contributed by atoms with van der Waals surface area (Å²) < 4.78 is 0. The van der Waals surface area contributed by atoms with Crippen LogP contribution < -0.4 is 10.2 Å². The van der Waals surface area contributed by atoms with Crippen molar-refractivity contribution in [2.45, 2.75) is 31.2 Å². The van der Waals surface area contributed by atoms with Gasteiger partial charge in [0.25, 0.3) is 5.91 Å². The lowest BCUT2D eigenvalue weighted by Crippen LogP contribution is -2.29. The monoisotopic (exact) mass is 414 g/mol. The van der Waals surface area contributed by atoms with Gasteiger partial charge in [-0.2, -0.15) is 0 Å². The minimum Gasteiger partial charge on any atom is -0.277 e. The number of nitrogens with zero attached hydrogens (tertiary/aromatic N) is 3. The molecule has 148 valence electrons. The maximum atomic E-state index is 12.6. The van der Waals surface area contributed by atoms with Crippen LogP contribution >= 0.6 is 11.3 Å². The van der Waals surface area contributed by atoms with E-state index in [0.29, 0.717) is 11.6 Å². The number of urea groups is 1. The average Bonchev–Trinajstić information content (AvgIpc) is 3.18. The molecule has 0 radical (unpaired) electrons. The molecule has 3 aliphatic rings. The van der Waals surface area contributed by atoms with Crippen molar-refractivity contribution in [3.05, 3.63) is 64.0 Å². The fraction of sp³-hybridized carbons (Fsp3) is 0.217. The fourth-order valence-electron chi connectivity index (χ4n) is 4.05. The summed E-state index contributed by atoms with van der Waals surface area (Å²) in [6, 6.07) is 12.4. The number of thiazole rings is 1. The Bertz CT molecular complexity index is 1210. The summed E-state index contributed by atoms with van der Waals surface area (Å²) in [5.74, 6) is 0.322. The first kappa shape index (κ1) is 17.5. The summed E-state index contributed by atoms with van der Waals surface area (Å²) in [5, 5.41) is 5.75. The molecule has 1 N–H and O–H groups in total. The van der Waals surface area contributed by atoms with Crippen molar-refractivity contribution in [1.29, 1.82) is 0 Å². The quantitative estimate of drug-likeness (QED) is 0.627. The van der Waals surface area contributed by atoms with Gasteiger partial charge in [0, 0.05) is 35.2 Å². The van der Waals surface area contributed by atoms with Crippen molar-refractivity contribution < 1.29 is 9.59 Å². The summed E-state index contributed by atoms with van der Waals surface area (Å²) >= 11 is 1.71. The third kappa shape index (κ3) is 2.85. The summed E-state index contributed by atoms with van der Waals surface area (Å²) in [6.45, 7) is 0. The molecule has 6 rings (SSSR count). The maximum absolute atomic E-state index is 12.6. The van der Waals surface area contributed by atoms with Crippen LogP contribution in [0, 0.1) is 0 Å². The molecular formula is C23H18N4O2S. The van der Waals surface area contributed by atoms with Crippen LogP contribution in [0.1, 0.15) is 40.9 Å². The van der Waals surface area contributed by atoms with Crippen LogP contribution in [0.4, 0.5) is 16.2 Å². The number of carbonyl (C=O) groups excluding carboxylic acids is 2. The molecule has 1 aliphatic carbocycles. The van der Waals surface area contributed by atoms with E-state index in [9.17, 15) is 9.59 Å². The Kier molecular flexibility index (Phi) is 3.86. The Balaban J connectivity index is 1.32. The van der Waals surface area contributed by atoms with Crippen molar-refractivity contribution in [3.8, 4) is 11.3 Å². The summed E-state index contributed by atoms with van der Waals surface area (Å²) in [5.41, 5.74) is 5.39. The van der Waals surface area contributed by atoms with E-state index >= 15 is 0 Å². The van der Waals surface area contributed by atoms with Gasteiger partial charge in [-0.15, -0.1) is 11.3 Å². The van der Waals surface area contributed by atoms with E-state index in [1.165, 1.54) is 22.7 Å². The lowest BCUT2D eigenvalue weighted by molar-refractivity contribution is -0.119. The minimum absolute atomic E-state index is 0.318. The third-order valence-corrected chi connectivity index (χ3v) is 6.82. The van der Waals surface area contributed by atoms with Crippen LogP contribution in [0.3, 0.4) is 0 Å². The highest BCUT2D eigenvalue weighted by Crippen LogP contribution is 2.42. The lowest BCUT2D eigenvalue weighted by Gasteiger charge is -2.22. The van der Waals surface area contributed by atoms with Gasteiger partial charge in [-0.3, -0.25) is 20.0 Å². The van der Waals surface area contributed by atoms with Gasteiger partial charge >= 0.3 is 6.03 Å². The fourth-order valence-corrected chi connectivity index (χ4v) is 5.05. The molecule has 0 bridgehead atoms. The number of anilines is 1. The number of nitrogens with one attached hydrogen (secondary N) is 1. The van der Waals surface area contributed by atoms with Crippen molar-refractivity contribution in [2.75, 3.05) is 4.90 Å². The second-order valence-corrected chi connectivity index (χ2v) is 8.75. The number of hydrogen-bond donors (Lipinski definition) is 1. The van der Waals surface area contributed by atoms with Gasteiger partial charge in [0.05, 0.1) is 16.4 Å². The molecule has 1 unspecified atom stereocenters. The van der Waals surface area contributed by atoms with E-state index in [1.807, 2.05) is 48.7 Å². The molecular weight excluding hydrogens is 396 g/mol. The molecule has 1 saturated carbocycles. The number of hydrogen-bond acceptors (Lipinski definition) is 5. The van der Waals surface area contributed by atoms with Crippen molar-refractivity contribution in [2.24, 2.45) is 4.99 Å². The van der Waals surface area contributed by atoms with Crippen LogP contribution in [-0.2, 0) is 11.2 Å². The predicted octanol–water partition coefficient (Wildman–Crippen LogP) is 4.74. The highest BCUT2D eigenvalue weighted by atomic mass is 32.1. The first-order valence-electron chi connectivity index (χ1n) is 10.0. The van der Waals surface area contributed by atoms with Crippen LogP contribution in [0.15, 0.2) is 52.8 Å². The Hall–Kier alpha value is -3.32. The molecule has 30 heavy (non-hydrogen) atoms. The first-order valence-corrected chi connectivity index (χ1v) is 10.9. The van der Waals surface area contributed by atoms with Gasteiger partial charge in [0.1, 0.15) is 6.04 Å². The SMILES string of the molecule is O=C1NC(=O)N(c2ccc3c(c2)N=CC3)C1c1ccc(-c2csc(C3CC3)n2)cc1. The zero-order valence-electron chi connectivity index (χ0n) is 16.0. The normalized spacial score (nSPS) is 20.0. The largest absolute Gasteiger partial charge is 0.329 e. The number of imide groups is 1. The van der Waals surface area contributed by atoms with Gasteiger partial charge in [-0.1, -0.05) is 30.3 Å². The molecule has 6 nitrogen and oxygen atoms in total. The number of benzene rings is 2. The highest BCUT2D eigenvalue weighted by Gasteiger charge is 2.40. The Labute approximate surface area is 177 Å². The Morgan fingerprint density at radius 3 is 2.70 bits per heavy atom. The maximum Gasteiger partial charge on any atom is 0.329 e. The van der Waals surface area contributed by atoms with E-state index in [-0.39, 0.29) is 5.91 Å². The van der Waals surface area contributed by atoms with E-state index in [4.69, 9.17) is 4.98 Å². The van der Waals surface area contributed by atoms with Crippen LogP contribution in [0.5, 0.6) is 0 Å². The molecule has 3 aromatic rings. The highest BCUT2D eigenvalue weighted by molar-refractivity contribution is 7.10. The van der Waals surface area contributed by atoms with E-state index < -0.39 is 12.1 Å². The Morgan fingerprint density at radius 1 is 1.07 bits per heavy atom. The van der Waals surface area contributed by atoms with E-state index in [2.05, 4.69) is 15.7 Å². The van der Waals surface area contributed by atoms with Gasteiger partial charge in [0.15, 0.2) is 0 Å². The van der Waals surface area contributed by atoms with Gasteiger partial charge in [-0.05, 0) is 36.1 Å². The number of carbonyl (C=O) groups is 2. The third-order valence-electron chi connectivity index (χ3n) is 5.81. The molecule has 3 amide bonds. The smallest absolute Gasteiger partial charge is 0.277 e. The molecule has 1 saturated heterocycles. The number of amides is 3. The number of aromatic nitrogens is 1. The summed E-state index contributed by atoms with van der Waals surface area (Å²) in [6.07, 6.45) is 5.12. The molecule has 2 aliphatic heterocycles. The average molecular weight is 414 g/mol. The standard InChI is InChI=1S/C23H18N4O2S/c28-21-20(27(23(29)26-21)17-8-7-14-9-10-24-18(14)11-17)15-3-1-13(2-4-15)19-12-30-22(25-19)16-5-6-16/h1-4,7-8,10-12,16,20H,5-6,9H2,(H,26,28,29). The number of rotatable bonds is 4. The minimum atomic E-state index is -0.701. The van der Waals surface area contributed by atoms with Crippen molar-refractivity contribution >= 4 is 40.9 Å². The molecule has 0 spiro atoms. The molecule has 2 aromatic carbocycles. The van der Waals surface area contributed by atoms with E-state index in [1.54, 1.807) is 11.3 Å². The molecule has 3 heterocycles. The number of fused-ring (bicyclic) bond motifs is 1. The second kappa shape index (κ2) is 6.60. The second-order valence-electron chi connectivity index (χ2n) is 7.86. The number of aliphatic imine (C=N–C) groups is 1. The van der Waals surface area contributed by atoms with Crippen LogP contribution in [-0.4, -0.2) is 23.1 Å². The van der Waals surface area contributed by atoms with Crippen LogP contribution in [0.2, 0.25) is 0 Å². The van der Waals surface area contributed by atoms with Crippen LogP contribution in [0.25, 0.3) is 11.3 Å². The van der Waals surface area contributed by atoms with E-state index in [0.717, 1.165) is 34.5 Å². The summed E-state index contributed by atoms with van der Waals surface area (Å²) in [7, 11) is 0. The molecule has 1 aromatic heterocycles. The zero-order chi connectivity index (χ0) is 20.2. The lowest BCUT2D eigenvalue weighted by atomic mass is 10.0. The van der Waals surface area contributed by atoms with Crippen molar-refractivity contribution in [3.63, 3.8) is 0 Å². The first-order chi connectivity index (χ1) is 14.7. The zero-order valence-corrected chi connectivity index (χ0v) is 16.9. The predicted molar refractivity (Wildman–Crippen MR) is 117 cm³/mol. The van der Waals surface area contributed by atoms with Gasteiger partial charge in [-0.25, -0.2) is 9.78 Å². The summed E-state index contributed by atoms with van der Waals surface area (Å²) in [4.78, 5) is 35.8. The van der Waals surface area contributed by atoms with Gasteiger partial charge in [0.2, 0.25) is 0 Å². The topological polar surface area (TPSA) is 74.7 Å². The molecule has 2 fully saturated rings. The van der Waals surface area contributed by atoms with Gasteiger partial charge < -0.3 is 0 Å². The molecule has 7 heteroatoms. The Morgan fingerprint density at radius 2 is 1.90 bits per heavy atom. The molecule has 1 atom stereocenters. The van der Waals surface area contributed by atoms with Crippen molar-refractivity contribution in [1.82, 2.24) is 10.3 Å².